The first-order chi connectivity index (χ1) is 6.75. The highest BCUT2D eigenvalue weighted by molar-refractivity contribution is 14.1. The Hall–Kier alpha value is -0.580. The zero-order valence-corrected chi connectivity index (χ0v) is 9.98. The molecular weight excluding hydrogens is 289 g/mol. The normalized spacial score (nSPS) is 21.6. The van der Waals surface area contributed by atoms with Gasteiger partial charge < -0.3 is 4.90 Å². The summed E-state index contributed by atoms with van der Waals surface area (Å²) in [5.74, 6) is 0.285. The van der Waals surface area contributed by atoms with Crippen LogP contribution < -0.4 is 0 Å². The number of hydrogen-bond donors (Lipinski definition) is 0. The molecule has 1 heterocycles. The Labute approximate surface area is 97.4 Å². The third kappa shape index (κ3) is 2.26. The molecule has 1 atom stereocenters. The second kappa shape index (κ2) is 4.29. The second-order valence-corrected chi connectivity index (χ2v) is 5.32. The van der Waals surface area contributed by atoms with E-state index in [1.54, 1.807) is 0 Å². The van der Waals surface area contributed by atoms with E-state index >= 15 is 0 Å². The molecule has 3 heteroatoms. The lowest BCUT2D eigenvalue weighted by molar-refractivity contribution is -0.128. The van der Waals surface area contributed by atoms with Crippen molar-refractivity contribution in [3.05, 3.63) is 35.9 Å². The molecule has 0 saturated carbocycles. The SMILES string of the molecule is O=C1C[C@H](I)CN1Cc1ccccc1. The molecule has 1 aliphatic heterocycles. The fourth-order valence-electron chi connectivity index (χ4n) is 1.68. The van der Waals surface area contributed by atoms with Gasteiger partial charge in [-0.2, -0.15) is 0 Å². The van der Waals surface area contributed by atoms with Crippen LogP contribution in [-0.4, -0.2) is 21.3 Å². The first-order valence-electron chi connectivity index (χ1n) is 4.71. The molecule has 0 bridgehead atoms. The maximum Gasteiger partial charge on any atom is 0.224 e. The van der Waals surface area contributed by atoms with E-state index in [9.17, 15) is 4.79 Å². The molecule has 0 aromatic heterocycles. The molecule has 14 heavy (non-hydrogen) atoms. The van der Waals surface area contributed by atoms with Crippen molar-refractivity contribution in [3.63, 3.8) is 0 Å². The first-order valence-corrected chi connectivity index (χ1v) is 5.96. The molecule has 2 rings (SSSR count). The molecule has 0 unspecified atom stereocenters. The minimum atomic E-state index is 0.285. The van der Waals surface area contributed by atoms with Gasteiger partial charge in [0.05, 0.1) is 0 Å². The number of amides is 1. The topological polar surface area (TPSA) is 20.3 Å². The molecule has 1 aromatic rings. The van der Waals surface area contributed by atoms with Gasteiger partial charge in [0, 0.05) is 23.4 Å². The van der Waals surface area contributed by atoms with Crippen LogP contribution in [0.3, 0.4) is 0 Å². The highest BCUT2D eigenvalue weighted by atomic mass is 127. The van der Waals surface area contributed by atoms with Gasteiger partial charge in [0.1, 0.15) is 0 Å². The van der Waals surface area contributed by atoms with E-state index in [0.717, 1.165) is 13.1 Å². The summed E-state index contributed by atoms with van der Waals surface area (Å²) in [6.07, 6.45) is 0.702. The van der Waals surface area contributed by atoms with Crippen molar-refractivity contribution >= 4 is 28.5 Å². The average molecular weight is 301 g/mol. The van der Waals surface area contributed by atoms with Gasteiger partial charge in [-0.1, -0.05) is 52.9 Å². The molecule has 2 nitrogen and oxygen atoms in total. The van der Waals surface area contributed by atoms with Gasteiger partial charge in [-0.05, 0) is 5.56 Å². The zero-order chi connectivity index (χ0) is 9.97. The number of rotatable bonds is 2. The Kier molecular flexibility index (Phi) is 3.05. The minimum Gasteiger partial charge on any atom is -0.337 e. The van der Waals surface area contributed by atoms with Crippen molar-refractivity contribution in [2.75, 3.05) is 6.54 Å². The van der Waals surface area contributed by atoms with Crippen molar-refractivity contribution in [2.24, 2.45) is 0 Å². The molecule has 1 saturated heterocycles. The maximum atomic E-state index is 11.5. The lowest BCUT2D eigenvalue weighted by atomic mass is 10.2. The van der Waals surface area contributed by atoms with Gasteiger partial charge in [0.25, 0.3) is 0 Å². The summed E-state index contributed by atoms with van der Waals surface area (Å²) in [5.41, 5.74) is 1.21. The Balaban J connectivity index is 2.02. The van der Waals surface area contributed by atoms with Crippen molar-refractivity contribution in [2.45, 2.75) is 16.9 Å². The first kappa shape index (κ1) is 9.96. The third-order valence-electron chi connectivity index (χ3n) is 2.38. The quantitative estimate of drug-likeness (QED) is 0.606. The monoisotopic (exact) mass is 301 g/mol. The van der Waals surface area contributed by atoms with Crippen molar-refractivity contribution in [1.29, 1.82) is 0 Å². The molecule has 0 N–H and O–H groups in total. The van der Waals surface area contributed by atoms with Crippen LogP contribution in [0.15, 0.2) is 30.3 Å². The maximum absolute atomic E-state index is 11.5. The van der Waals surface area contributed by atoms with Crippen molar-refractivity contribution < 1.29 is 4.79 Å². The van der Waals surface area contributed by atoms with E-state index in [-0.39, 0.29) is 5.91 Å². The molecule has 1 aliphatic rings. The summed E-state index contributed by atoms with van der Waals surface area (Å²) in [6, 6.07) is 10.1. The van der Waals surface area contributed by atoms with E-state index in [4.69, 9.17) is 0 Å². The van der Waals surface area contributed by atoms with Gasteiger partial charge in [0.2, 0.25) is 5.91 Å². The van der Waals surface area contributed by atoms with Gasteiger partial charge in [0.15, 0.2) is 0 Å². The zero-order valence-electron chi connectivity index (χ0n) is 7.82. The molecule has 0 radical (unpaired) electrons. The van der Waals surface area contributed by atoms with Crippen molar-refractivity contribution in [3.8, 4) is 0 Å². The predicted molar refractivity (Wildman–Crippen MR) is 64.3 cm³/mol. The summed E-state index contributed by atoms with van der Waals surface area (Å²) in [6.45, 7) is 1.66. The van der Waals surface area contributed by atoms with Gasteiger partial charge in [-0.3, -0.25) is 4.79 Å². The van der Waals surface area contributed by atoms with Crippen LogP contribution in [0.4, 0.5) is 0 Å². The number of benzene rings is 1. The average Bonchev–Trinajstić information content (AvgIpc) is 2.47. The second-order valence-electron chi connectivity index (χ2n) is 3.56. The highest BCUT2D eigenvalue weighted by Gasteiger charge is 2.27. The molecule has 0 spiro atoms. The summed E-state index contributed by atoms with van der Waals surface area (Å²) in [5, 5.41) is 0. The molecule has 1 amide bonds. The number of halogens is 1. The van der Waals surface area contributed by atoms with Crippen LogP contribution in [0, 0.1) is 0 Å². The summed E-state index contributed by atoms with van der Waals surface area (Å²) >= 11 is 2.34. The molecule has 74 valence electrons. The summed E-state index contributed by atoms with van der Waals surface area (Å²) in [7, 11) is 0. The fourth-order valence-corrected chi connectivity index (χ4v) is 2.53. The van der Waals surface area contributed by atoms with Crippen LogP contribution in [-0.2, 0) is 11.3 Å². The summed E-state index contributed by atoms with van der Waals surface area (Å²) in [4.78, 5) is 13.4. The van der Waals surface area contributed by atoms with E-state index in [1.807, 2.05) is 23.1 Å². The van der Waals surface area contributed by atoms with E-state index in [0.29, 0.717) is 10.3 Å². The Morgan fingerprint density at radius 1 is 1.36 bits per heavy atom. The van der Waals surface area contributed by atoms with Gasteiger partial charge in [-0.25, -0.2) is 0 Å². The van der Waals surface area contributed by atoms with E-state index < -0.39 is 0 Å². The Morgan fingerprint density at radius 3 is 2.64 bits per heavy atom. The number of nitrogens with zero attached hydrogens (tertiary/aromatic N) is 1. The van der Waals surface area contributed by atoms with Crippen LogP contribution in [0.1, 0.15) is 12.0 Å². The molecule has 1 aromatic carbocycles. The number of carbonyl (C=O) groups excluding carboxylic acids is 1. The molecular formula is C11H12INO. The number of likely N-dealkylation sites (tertiary alicyclic amines) is 1. The lowest BCUT2D eigenvalue weighted by Crippen LogP contribution is -2.24. The standard InChI is InChI=1S/C11H12INO/c12-10-6-11(14)13(8-10)7-9-4-2-1-3-5-9/h1-5,10H,6-8H2/t10-/m0/s1. The predicted octanol–water partition coefficient (Wildman–Crippen LogP) is 2.22. The number of carbonyl (C=O) groups is 1. The summed E-state index contributed by atoms with van der Waals surface area (Å²) < 4.78 is 0.490. The van der Waals surface area contributed by atoms with Gasteiger partial charge in [-0.15, -0.1) is 0 Å². The highest BCUT2D eigenvalue weighted by Crippen LogP contribution is 2.20. The van der Waals surface area contributed by atoms with E-state index in [1.165, 1.54) is 5.56 Å². The molecule has 1 fully saturated rings. The van der Waals surface area contributed by atoms with Gasteiger partial charge >= 0.3 is 0 Å². The minimum absolute atomic E-state index is 0.285. The lowest BCUT2D eigenvalue weighted by Gasteiger charge is -2.15. The van der Waals surface area contributed by atoms with Crippen LogP contribution in [0.5, 0.6) is 0 Å². The molecule has 0 aliphatic carbocycles. The number of hydrogen-bond acceptors (Lipinski definition) is 1. The Bertz CT molecular complexity index is 325. The van der Waals surface area contributed by atoms with Crippen LogP contribution in [0.2, 0.25) is 0 Å². The van der Waals surface area contributed by atoms with E-state index in [2.05, 4.69) is 34.7 Å². The smallest absolute Gasteiger partial charge is 0.224 e. The Morgan fingerprint density at radius 2 is 2.07 bits per heavy atom. The van der Waals surface area contributed by atoms with Crippen LogP contribution >= 0.6 is 22.6 Å². The fraction of sp³-hybridized carbons (Fsp3) is 0.364. The van der Waals surface area contributed by atoms with Crippen LogP contribution in [0.25, 0.3) is 0 Å². The number of alkyl halides is 1. The third-order valence-corrected chi connectivity index (χ3v) is 3.22. The largest absolute Gasteiger partial charge is 0.337 e. The van der Waals surface area contributed by atoms with Crippen molar-refractivity contribution in [1.82, 2.24) is 4.90 Å².